The van der Waals surface area contributed by atoms with Crippen molar-refractivity contribution in [2.75, 3.05) is 6.54 Å². The van der Waals surface area contributed by atoms with E-state index < -0.39 is 0 Å². The summed E-state index contributed by atoms with van der Waals surface area (Å²) in [6.07, 6.45) is 0. The largest absolute Gasteiger partial charge is 0.361 e. The minimum atomic E-state index is -0.199. The highest BCUT2D eigenvalue weighted by Gasteiger charge is 2.12. The molecule has 18 heavy (non-hydrogen) atoms. The van der Waals surface area contributed by atoms with Crippen molar-refractivity contribution in [2.24, 2.45) is 0 Å². The van der Waals surface area contributed by atoms with Gasteiger partial charge in [-0.3, -0.25) is 4.79 Å². The third kappa shape index (κ3) is 2.97. The van der Waals surface area contributed by atoms with Crippen LogP contribution < -0.4 is 5.32 Å². The minimum absolute atomic E-state index is 0.199. The molecule has 0 radical (unpaired) electrons. The third-order valence-corrected chi connectivity index (χ3v) is 2.80. The number of aryl methyl sites for hydroxylation is 1. The minimum Gasteiger partial charge on any atom is -0.361 e. The molecule has 2 rings (SSSR count). The van der Waals surface area contributed by atoms with Crippen LogP contribution in [0.2, 0.25) is 0 Å². The number of carbonyl (C=O) groups excluding carboxylic acids is 1. The van der Waals surface area contributed by atoms with Gasteiger partial charge in [0.25, 0.3) is 5.91 Å². The van der Waals surface area contributed by atoms with Gasteiger partial charge >= 0.3 is 0 Å². The fraction of sp³-hybridized carbons (Fsp3) is 0.286. The second-order valence-corrected chi connectivity index (χ2v) is 4.34. The highest BCUT2D eigenvalue weighted by molar-refractivity contribution is 5.92. The number of hydrogen-bond donors (Lipinski definition) is 1. The number of benzene rings is 1. The lowest BCUT2D eigenvalue weighted by Crippen LogP contribution is -2.27. The van der Waals surface area contributed by atoms with E-state index in [1.165, 1.54) is 5.56 Å². The first-order valence-electron chi connectivity index (χ1n) is 5.93. The normalized spacial score (nSPS) is 12.1. The van der Waals surface area contributed by atoms with E-state index in [1.54, 1.807) is 13.0 Å². The summed E-state index contributed by atoms with van der Waals surface area (Å²) in [4.78, 5) is 11.8. The van der Waals surface area contributed by atoms with Crippen molar-refractivity contribution in [3.63, 3.8) is 0 Å². The molecule has 0 bridgehead atoms. The average Bonchev–Trinajstić information content (AvgIpc) is 2.83. The number of nitrogens with one attached hydrogen (secondary N) is 1. The Balaban J connectivity index is 1.90. The molecular weight excluding hydrogens is 228 g/mol. The zero-order valence-electron chi connectivity index (χ0n) is 10.5. The van der Waals surface area contributed by atoms with Crippen LogP contribution in [0.15, 0.2) is 40.9 Å². The highest BCUT2D eigenvalue weighted by atomic mass is 16.5. The van der Waals surface area contributed by atoms with Gasteiger partial charge in [-0.05, 0) is 18.4 Å². The molecule has 0 spiro atoms. The molecular formula is C14H16N2O2. The van der Waals surface area contributed by atoms with Crippen LogP contribution in [0.25, 0.3) is 0 Å². The van der Waals surface area contributed by atoms with Crippen LogP contribution >= 0.6 is 0 Å². The average molecular weight is 244 g/mol. The number of nitrogens with zero attached hydrogens (tertiary/aromatic N) is 1. The van der Waals surface area contributed by atoms with Gasteiger partial charge in [0.05, 0.1) is 0 Å². The first-order chi connectivity index (χ1) is 8.66. The lowest BCUT2D eigenvalue weighted by atomic mass is 10.0. The van der Waals surface area contributed by atoms with Crippen LogP contribution in [-0.4, -0.2) is 17.6 Å². The maximum absolute atomic E-state index is 11.8. The molecule has 0 saturated carbocycles. The molecule has 0 fully saturated rings. The number of carbonyl (C=O) groups is 1. The van der Waals surface area contributed by atoms with Gasteiger partial charge in [0.1, 0.15) is 5.76 Å². The van der Waals surface area contributed by atoms with Gasteiger partial charge in [-0.15, -0.1) is 0 Å². The van der Waals surface area contributed by atoms with Crippen molar-refractivity contribution in [3.05, 3.63) is 53.4 Å². The van der Waals surface area contributed by atoms with Crippen molar-refractivity contribution < 1.29 is 9.32 Å². The Morgan fingerprint density at radius 3 is 2.72 bits per heavy atom. The van der Waals surface area contributed by atoms with E-state index >= 15 is 0 Å². The fourth-order valence-corrected chi connectivity index (χ4v) is 1.71. The Morgan fingerprint density at radius 2 is 2.11 bits per heavy atom. The molecule has 0 unspecified atom stereocenters. The Hall–Kier alpha value is -2.10. The zero-order chi connectivity index (χ0) is 13.0. The number of rotatable bonds is 4. The molecule has 94 valence electrons. The van der Waals surface area contributed by atoms with Gasteiger partial charge in [-0.25, -0.2) is 0 Å². The quantitative estimate of drug-likeness (QED) is 0.899. The fourth-order valence-electron chi connectivity index (χ4n) is 1.71. The van der Waals surface area contributed by atoms with Crippen molar-refractivity contribution >= 4 is 5.91 Å². The topological polar surface area (TPSA) is 55.1 Å². The summed E-state index contributed by atoms with van der Waals surface area (Å²) < 4.78 is 4.87. The van der Waals surface area contributed by atoms with Crippen molar-refractivity contribution in [1.29, 1.82) is 0 Å². The number of amides is 1. The van der Waals surface area contributed by atoms with E-state index in [0.29, 0.717) is 18.0 Å². The molecule has 0 aliphatic carbocycles. The van der Waals surface area contributed by atoms with Crippen molar-refractivity contribution in [3.8, 4) is 0 Å². The van der Waals surface area contributed by atoms with E-state index in [-0.39, 0.29) is 11.8 Å². The van der Waals surface area contributed by atoms with Crippen LogP contribution in [-0.2, 0) is 0 Å². The Labute approximate surface area is 106 Å². The SMILES string of the molecule is Cc1cc(C(=O)NC[C@H](C)c2ccccc2)no1. The van der Waals surface area contributed by atoms with E-state index in [2.05, 4.69) is 29.5 Å². The summed E-state index contributed by atoms with van der Waals surface area (Å²) in [6.45, 7) is 4.41. The van der Waals surface area contributed by atoms with Crippen molar-refractivity contribution in [1.82, 2.24) is 10.5 Å². The molecule has 1 aromatic carbocycles. The Bertz CT molecular complexity index is 520. The summed E-state index contributed by atoms with van der Waals surface area (Å²) in [5, 5.41) is 6.53. The van der Waals surface area contributed by atoms with Gasteiger partial charge in [0, 0.05) is 12.6 Å². The molecule has 4 nitrogen and oxygen atoms in total. The predicted octanol–water partition coefficient (Wildman–Crippen LogP) is 2.52. The Kier molecular flexibility index (Phi) is 3.77. The van der Waals surface area contributed by atoms with Crippen LogP contribution in [0.5, 0.6) is 0 Å². The smallest absolute Gasteiger partial charge is 0.273 e. The lowest BCUT2D eigenvalue weighted by molar-refractivity contribution is 0.0942. The third-order valence-electron chi connectivity index (χ3n) is 2.80. The van der Waals surface area contributed by atoms with Crippen LogP contribution in [0, 0.1) is 6.92 Å². The zero-order valence-corrected chi connectivity index (χ0v) is 10.5. The summed E-state index contributed by atoms with van der Waals surface area (Å²) in [6, 6.07) is 11.7. The summed E-state index contributed by atoms with van der Waals surface area (Å²) in [5.74, 6) is 0.703. The first-order valence-corrected chi connectivity index (χ1v) is 5.93. The van der Waals surface area contributed by atoms with E-state index in [0.717, 1.165) is 0 Å². The number of aromatic nitrogens is 1. The molecule has 1 heterocycles. The second-order valence-electron chi connectivity index (χ2n) is 4.34. The molecule has 1 atom stereocenters. The van der Waals surface area contributed by atoms with E-state index in [4.69, 9.17) is 4.52 Å². The lowest BCUT2D eigenvalue weighted by Gasteiger charge is -2.12. The van der Waals surface area contributed by atoms with Crippen LogP contribution in [0.1, 0.15) is 34.7 Å². The standard InChI is InChI=1S/C14H16N2O2/c1-10(12-6-4-3-5-7-12)9-15-14(17)13-8-11(2)18-16-13/h3-8,10H,9H2,1-2H3,(H,15,17)/t10-/m0/s1. The molecule has 4 heteroatoms. The molecule has 1 N–H and O–H groups in total. The molecule has 0 aliphatic rings. The second kappa shape index (κ2) is 5.49. The molecule has 0 aliphatic heterocycles. The number of hydrogen-bond acceptors (Lipinski definition) is 3. The maximum Gasteiger partial charge on any atom is 0.273 e. The van der Waals surface area contributed by atoms with Gasteiger partial charge < -0.3 is 9.84 Å². The predicted molar refractivity (Wildman–Crippen MR) is 68.4 cm³/mol. The van der Waals surface area contributed by atoms with E-state index in [1.807, 2.05) is 18.2 Å². The maximum atomic E-state index is 11.8. The van der Waals surface area contributed by atoms with Gasteiger partial charge in [0.2, 0.25) is 0 Å². The first kappa shape index (κ1) is 12.4. The summed E-state index contributed by atoms with van der Waals surface area (Å²) in [5.41, 5.74) is 1.53. The van der Waals surface area contributed by atoms with Crippen LogP contribution in [0.3, 0.4) is 0 Å². The molecule has 1 aromatic heterocycles. The van der Waals surface area contributed by atoms with Gasteiger partial charge in [-0.1, -0.05) is 42.4 Å². The monoisotopic (exact) mass is 244 g/mol. The molecule has 2 aromatic rings. The molecule has 0 saturated heterocycles. The van der Waals surface area contributed by atoms with Gasteiger partial charge in [-0.2, -0.15) is 0 Å². The van der Waals surface area contributed by atoms with Gasteiger partial charge in [0.15, 0.2) is 5.69 Å². The van der Waals surface area contributed by atoms with Crippen molar-refractivity contribution in [2.45, 2.75) is 19.8 Å². The van der Waals surface area contributed by atoms with E-state index in [9.17, 15) is 4.79 Å². The molecule has 1 amide bonds. The highest BCUT2D eigenvalue weighted by Crippen LogP contribution is 2.13. The van der Waals surface area contributed by atoms with Crippen LogP contribution in [0.4, 0.5) is 0 Å². The Morgan fingerprint density at radius 1 is 1.39 bits per heavy atom. The summed E-state index contributed by atoms with van der Waals surface area (Å²) >= 11 is 0. The summed E-state index contributed by atoms with van der Waals surface area (Å²) in [7, 11) is 0.